The van der Waals surface area contributed by atoms with E-state index in [0.29, 0.717) is 17.6 Å². The van der Waals surface area contributed by atoms with Crippen LogP contribution in [0.15, 0.2) is 36.4 Å². The Bertz CT molecular complexity index is 959. The summed E-state index contributed by atoms with van der Waals surface area (Å²) in [7, 11) is 0. The molecule has 1 saturated carbocycles. The number of hydrogen-bond acceptors (Lipinski definition) is 5. The zero-order valence-electron chi connectivity index (χ0n) is 16.4. The number of anilines is 3. The van der Waals surface area contributed by atoms with Gasteiger partial charge in [-0.15, -0.1) is 0 Å². The van der Waals surface area contributed by atoms with Gasteiger partial charge in [0.1, 0.15) is 23.3 Å². The molecule has 7 heteroatoms. The smallest absolute Gasteiger partial charge is 0.153 e. The van der Waals surface area contributed by atoms with Crippen molar-refractivity contribution < 1.29 is 4.39 Å². The molecule has 4 rings (SSSR count). The van der Waals surface area contributed by atoms with Gasteiger partial charge in [0.15, 0.2) is 5.82 Å². The van der Waals surface area contributed by atoms with Gasteiger partial charge in [-0.3, -0.25) is 5.10 Å². The van der Waals surface area contributed by atoms with Crippen molar-refractivity contribution in [1.82, 2.24) is 20.2 Å². The second kappa shape index (κ2) is 7.22. The van der Waals surface area contributed by atoms with E-state index in [4.69, 9.17) is 0 Å². The maximum atomic E-state index is 13.3. The Kier molecular flexibility index (Phi) is 4.75. The minimum Gasteiger partial charge on any atom is -0.361 e. The van der Waals surface area contributed by atoms with E-state index in [1.165, 1.54) is 30.7 Å². The lowest BCUT2D eigenvalue weighted by atomic mass is 9.94. The van der Waals surface area contributed by atoms with Gasteiger partial charge in [-0.2, -0.15) is 5.10 Å². The molecule has 1 aliphatic rings. The average molecular weight is 380 g/mol. The molecule has 2 aromatic heterocycles. The first-order chi connectivity index (χ1) is 13.4. The summed E-state index contributed by atoms with van der Waals surface area (Å²) < 4.78 is 13.3. The van der Waals surface area contributed by atoms with Crippen LogP contribution in [0.4, 0.5) is 21.8 Å². The highest BCUT2D eigenvalue weighted by atomic mass is 19.1. The zero-order chi connectivity index (χ0) is 19.7. The summed E-state index contributed by atoms with van der Waals surface area (Å²) in [6, 6.07) is 10.4. The van der Waals surface area contributed by atoms with Gasteiger partial charge in [0.2, 0.25) is 0 Å². The number of aromatic amines is 1. The van der Waals surface area contributed by atoms with E-state index in [2.05, 4.69) is 30.8 Å². The second-order valence-corrected chi connectivity index (χ2v) is 7.77. The van der Waals surface area contributed by atoms with Crippen LogP contribution in [0.3, 0.4) is 0 Å². The Hall–Kier alpha value is -2.96. The average Bonchev–Trinajstić information content (AvgIpc) is 3.41. The fourth-order valence-corrected chi connectivity index (χ4v) is 3.18. The van der Waals surface area contributed by atoms with Crippen LogP contribution in [-0.2, 0) is 12.0 Å². The fraction of sp³-hybridized carbons (Fsp3) is 0.381. The third-order valence-electron chi connectivity index (χ3n) is 4.97. The first kappa shape index (κ1) is 18.4. The minimum absolute atomic E-state index is 0.245. The molecular weight excluding hydrogens is 355 g/mol. The number of hydrogen-bond donors (Lipinski definition) is 3. The predicted octanol–water partition coefficient (Wildman–Crippen LogP) is 4.87. The molecule has 6 nitrogen and oxygen atoms in total. The number of aryl methyl sites for hydroxylation is 1. The third-order valence-corrected chi connectivity index (χ3v) is 4.97. The van der Waals surface area contributed by atoms with Crippen molar-refractivity contribution in [2.45, 2.75) is 51.5 Å². The van der Waals surface area contributed by atoms with Gasteiger partial charge < -0.3 is 10.6 Å². The molecule has 0 saturated heterocycles. The molecule has 3 N–H and O–H groups in total. The molecule has 1 aliphatic carbocycles. The predicted molar refractivity (Wildman–Crippen MR) is 108 cm³/mol. The summed E-state index contributed by atoms with van der Waals surface area (Å²) in [5.74, 6) is 3.27. The van der Waals surface area contributed by atoms with Gasteiger partial charge in [-0.1, -0.05) is 19.1 Å². The van der Waals surface area contributed by atoms with Crippen LogP contribution in [0.25, 0.3) is 0 Å². The largest absolute Gasteiger partial charge is 0.361 e. The van der Waals surface area contributed by atoms with Crippen LogP contribution in [0.1, 0.15) is 56.6 Å². The molecule has 0 unspecified atom stereocenters. The summed E-state index contributed by atoms with van der Waals surface area (Å²) >= 11 is 0. The van der Waals surface area contributed by atoms with Crippen molar-refractivity contribution in [1.29, 1.82) is 0 Å². The van der Waals surface area contributed by atoms with Crippen molar-refractivity contribution in [3.05, 3.63) is 59.3 Å². The number of nitrogens with one attached hydrogen (secondary N) is 3. The van der Waals surface area contributed by atoms with Gasteiger partial charge in [0, 0.05) is 30.2 Å². The molecule has 28 heavy (non-hydrogen) atoms. The first-order valence-electron chi connectivity index (χ1n) is 9.67. The van der Waals surface area contributed by atoms with Gasteiger partial charge in [0.05, 0.1) is 5.54 Å². The Morgan fingerprint density at radius 1 is 1.07 bits per heavy atom. The maximum Gasteiger partial charge on any atom is 0.153 e. The summed E-state index contributed by atoms with van der Waals surface area (Å²) in [6.07, 6.45) is 3.17. The van der Waals surface area contributed by atoms with E-state index >= 15 is 0 Å². The van der Waals surface area contributed by atoms with E-state index in [0.717, 1.165) is 23.6 Å². The van der Waals surface area contributed by atoms with Crippen LogP contribution in [0.2, 0.25) is 0 Å². The fourth-order valence-electron chi connectivity index (χ4n) is 3.18. The molecule has 2 heterocycles. The highest BCUT2D eigenvalue weighted by Crippen LogP contribution is 2.39. The molecule has 0 aliphatic heterocycles. The zero-order valence-corrected chi connectivity index (χ0v) is 16.4. The summed E-state index contributed by atoms with van der Waals surface area (Å²) in [5, 5.41) is 14.1. The van der Waals surface area contributed by atoms with Crippen LogP contribution in [-0.4, -0.2) is 20.2 Å². The van der Waals surface area contributed by atoms with Crippen molar-refractivity contribution in [3.63, 3.8) is 0 Å². The lowest BCUT2D eigenvalue weighted by Crippen LogP contribution is -2.28. The van der Waals surface area contributed by atoms with E-state index in [-0.39, 0.29) is 5.82 Å². The maximum absolute atomic E-state index is 13.3. The molecular formula is C21H25FN6. The Morgan fingerprint density at radius 2 is 1.79 bits per heavy atom. The summed E-state index contributed by atoms with van der Waals surface area (Å²) in [5.41, 5.74) is 1.72. The topological polar surface area (TPSA) is 78.5 Å². The molecule has 3 aromatic rings. The van der Waals surface area contributed by atoms with E-state index in [1.807, 2.05) is 32.9 Å². The van der Waals surface area contributed by atoms with E-state index < -0.39 is 5.54 Å². The lowest BCUT2D eigenvalue weighted by molar-refractivity contribution is 0.594. The molecule has 0 spiro atoms. The van der Waals surface area contributed by atoms with Gasteiger partial charge in [-0.05, 0) is 44.4 Å². The molecule has 0 radical (unpaired) electrons. The Morgan fingerprint density at radius 3 is 2.46 bits per heavy atom. The quantitative estimate of drug-likeness (QED) is 0.545. The van der Waals surface area contributed by atoms with Crippen molar-refractivity contribution in [2.75, 3.05) is 10.6 Å². The normalized spacial score (nSPS) is 14.1. The summed E-state index contributed by atoms with van der Waals surface area (Å²) in [6.45, 7) is 6.10. The second-order valence-electron chi connectivity index (χ2n) is 7.77. The molecule has 146 valence electrons. The minimum atomic E-state index is -0.421. The molecule has 0 atom stereocenters. The van der Waals surface area contributed by atoms with Gasteiger partial charge in [0.25, 0.3) is 0 Å². The highest BCUT2D eigenvalue weighted by Gasteiger charge is 2.26. The number of rotatable bonds is 7. The van der Waals surface area contributed by atoms with E-state index in [1.54, 1.807) is 12.1 Å². The number of halogens is 1. The number of nitrogens with zero attached hydrogens (tertiary/aromatic N) is 3. The molecule has 1 fully saturated rings. The Balaban J connectivity index is 1.56. The van der Waals surface area contributed by atoms with Gasteiger partial charge >= 0.3 is 0 Å². The Labute approximate surface area is 164 Å². The standard InChI is InChI=1S/C21H25FN6/c1-4-17-23-18(25-20-11-16(27-28-20)13-5-6-13)12-19(24-17)26-21(2,3)14-7-9-15(22)10-8-14/h7-13H,4-6H2,1-3H3,(H3,23,24,25,26,27,28). The van der Waals surface area contributed by atoms with Crippen molar-refractivity contribution in [3.8, 4) is 0 Å². The molecule has 0 bridgehead atoms. The van der Waals surface area contributed by atoms with Crippen LogP contribution in [0.5, 0.6) is 0 Å². The monoisotopic (exact) mass is 380 g/mol. The van der Waals surface area contributed by atoms with E-state index in [9.17, 15) is 4.39 Å². The third kappa shape index (κ3) is 4.13. The highest BCUT2D eigenvalue weighted by molar-refractivity contribution is 5.57. The number of benzene rings is 1. The van der Waals surface area contributed by atoms with Crippen molar-refractivity contribution >= 4 is 17.5 Å². The molecule has 0 amide bonds. The van der Waals surface area contributed by atoms with Crippen LogP contribution >= 0.6 is 0 Å². The van der Waals surface area contributed by atoms with Gasteiger partial charge in [-0.25, -0.2) is 14.4 Å². The molecule has 1 aromatic carbocycles. The first-order valence-corrected chi connectivity index (χ1v) is 9.67. The number of aromatic nitrogens is 4. The summed E-state index contributed by atoms with van der Waals surface area (Å²) in [4.78, 5) is 9.17. The SMILES string of the molecule is CCc1nc(Nc2cc(C3CC3)[nH]n2)cc(NC(C)(C)c2ccc(F)cc2)n1. The van der Waals surface area contributed by atoms with Crippen molar-refractivity contribution in [2.24, 2.45) is 0 Å². The number of H-pyrrole nitrogens is 1. The van der Waals surface area contributed by atoms with Crippen LogP contribution < -0.4 is 10.6 Å². The van der Waals surface area contributed by atoms with Crippen LogP contribution in [0, 0.1) is 5.82 Å². The lowest BCUT2D eigenvalue weighted by Gasteiger charge is -2.28.